The highest BCUT2D eigenvalue weighted by molar-refractivity contribution is 5.55. The van der Waals surface area contributed by atoms with Crippen LogP contribution in [0.15, 0.2) is 36.4 Å². The van der Waals surface area contributed by atoms with Crippen LogP contribution in [0.2, 0.25) is 0 Å². The molecule has 4 heteroatoms. The number of hydrogen-bond donors (Lipinski definition) is 1. The number of carbonyl (C=O) groups is 1. The minimum absolute atomic E-state index is 0.370. The number of ether oxygens (including phenoxy) is 2. The van der Waals surface area contributed by atoms with E-state index < -0.39 is 12.2 Å². The van der Waals surface area contributed by atoms with Gasteiger partial charge in [-0.1, -0.05) is 24.3 Å². The molecule has 0 saturated heterocycles. The molecule has 19 heavy (non-hydrogen) atoms. The Balaban J connectivity index is 1.92. The fourth-order valence-electron chi connectivity index (χ4n) is 2.07. The molecule has 0 bridgehead atoms. The molecule has 0 heterocycles. The van der Waals surface area contributed by atoms with Crippen LogP contribution in [0.4, 0.5) is 0 Å². The molecule has 1 aliphatic rings. The first-order chi connectivity index (χ1) is 9.24. The third-order valence-electron chi connectivity index (χ3n) is 3.29. The van der Waals surface area contributed by atoms with E-state index in [0.717, 1.165) is 17.6 Å². The van der Waals surface area contributed by atoms with Gasteiger partial charge in [-0.05, 0) is 24.1 Å². The van der Waals surface area contributed by atoms with Crippen LogP contribution in [-0.4, -0.2) is 30.7 Å². The van der Waals surface area contributed by atoms with E-state index in [2.05, 4.69) is 0 Å². The van der Waals surface area contributed by atoms with Gasteiger partial charge in [0.1, 0.15) is 18.1 Å². The average Bonchev–Trinajstić information content (AvgIpc) is 2.47. The van der Waals surface area contributed by atoms with Crippen LogP contribution in [0.5, 0.6) is 5.75 Å². The Labute approximate surface area is 112 Å². The van der Waals surface area contributed by atoms with E-state index in [1.54, 1.807) is 7.11 Å². The van der Waals surface area contributed by atoms with Gasteiger partial charge in [-0.3, -0.25) is 0 Å². The van der Waals surface area contributed by atoms with Crippen LogP contribution in [-0.2, 0) is 16.1 Å². The Morgan fingerprint density at radius 1 is 1.37 bits per heavy atom. The normalized spacial score (nSPS) is 26.1. The van der Waals surface area contributed by atoms with Crippen LogP contribution < -0.4 is 4.74 Å². The molecule has 0 spiro atoms. The smallest absolute Gasteiger partial charge is 0.126 e. The second-order valence-corrected chi connectivity index (χ2v) is 4.58. The predicted octanol–water partition coefficient (Wildman–Crippen LogP) is 1.72. The molecule has 0 radical (unpaired) electrons. The second-order valence-electron chi connectivity index (χ2n) is 4.58. The molecule has 0 amide bonds. The van der Waals surface area contributed by atoms with Gasteiger partial charge < -0.3 is 19.4 Å². The summed E-state index contributed by atoms with van der Waals surface area (Å²) in [7, 11) is 1.62. The molecule has 1 aliphatic carbocycles. The van der Waals surface area contributed by atoms with Gasteiger partial charge in [0.25, 0.3) is 0 Å². The fraction of sp³-hybridized carbons (Fsp3) is 0.400. The molecule has 1 aromatic rings. The van der Waals surface area contributed by atoms with Crippen molar-refractivity contribution in [3.63, 3.8) is 0 Å². The van der Waals surface area contributed by atoms with Gasteiger partial charge in [-0.2, -0.15) is 0 Å². The Kier molecular flexibility index (Phi) is 4.71. The lowest BCUT2D eigenvalue weighted by molar-refractivity contribution is -0.119. The highest BCUT2D eigenvalue weighted by Crippen LogP contribution is 2.21. The van der Waals surface area contributed by atoms with Crippen molar-refractivity contribution >= 4 is 6.29 Å². The van der Waals surface area contributed by atoms with Gasteiger partial charge in [0.2, 0.25) is 0 Å². The largest absolute Gasteiger partial charge is 0.497 e. The average molecular weight is 262 g/mol. The third-order valence-corrected chi connectivity index (χ3v) is 3.29. The Bertz CT molecular complexity index is 438. The number of allylic oxidation sites excluding steroid dienone is 1. The summed E-state index contributed by atoms with van der Waals surface area (Å²) < 4.78 is 10.7. The molecule has 102 valence electrons. The van der Waals surface area contributed by atoms with Crippen molar-refractivity contribution < 1.29 is 19.4 Å². The quantitative estimate of drug-likeness (QED) is 0.648. The molecule has 0 fully saturated rings. The summed E-state index contributed by atoms with van der Waals surface area (Å²) in [4.78, 5) is 10.8. The van der Waals surface area contributed by atoms with Gasteiger partial charge in [-0.25, -0.2) is 0 Å². The van der Waals surface area contributed by atoms with E-state index >= 15 is 0 Å². The molecular formula is C15H18O4. The van der Waals surface area contributed by atoms with Crippen molar-refractivity contribution in [2.24, 2.45) is 5.92 Å². The maximum Gasteiger partial charge on any atom is 0.126 e. The van der Waals surface area contributed by atoms with E-state index in [0.29, 0.717) is 13.0 Å². The summed E-state index contributed by atoms with van der Waals surface area (Å²) in [6.45, 7) is 0.391. The van der Waals surface area contributed by atoms with Crippen LogP contribution >= 0.6 is 0 Å². The molecule has 3 unspecified atom stereocenters. The van der Waals surface area contributed by atoms with Crippen molar-refractivity contribution in [1.82, 2.24) is 0 Å². The zero-order valence-electron chi connectivity index (χ0n) is 10.9. The van der Waals surface area contributed by atoms with E-state index in [9.17, 15) is 9.90 Å². The summed E-state index contributed by atoms with van der Waals surface area (Å²) in [5, 5.41) is 9.96. The molecule has 4 nitrogen and oxygen atoms in total. The number of aliphatic hydroxyl groups excluding tert-OH is 1. The lowest BCUT2D eigenvalue weighted by atomic mass is 9.90. The van der Waals surface area contributed by atoms with Gasteiger partial charge in [-0.15, -0.1) is 0 Å². The SMILES string of the molecule is COc1ccc(COC2C=CCC(C=O)C2O)cc1. The first-order valence-corrected chi connectivity index (χ1v) is 6.29. The van der Waals surface area contributed by atoms with Crippen molar-refractivity contribution in [3.05, 3.63) is 42.0 Å². The summed E-state index contributed by atoms with van der Waals surface area (Å²) in [5.41, 5.74) is 0.995. The zero-order valence-corrected chi connectivity index (χ0v) is 10.9. The van der Waals surface area contributed by atoms with E-state index in [4.69, 9.17) is 9.47 Å². The molecule has 0 aliphatic heterocycles. The lowest BCUT2D eigenvalue weighted by Gasteiger charge is -2.27. The first kappa shape index (κ1) is 13.8. The minimum Gasteiger partial charge on any atom is -0.497 e. The first-order valence-electron chi connectivity index (χ1n) is 6.29. The maximum atomic E-state index is 10.8. The van der Waals surface area contributed by atoms with E-state index in [1.807, 2.05) is 36.4 Å². The van der Waals surface area contributed by atoms with Gasteiger partial charge in [0.05, 0.1) is 19.8 Å². The summed E-state index contributed by atoms with van der Waals surface area (Å²) in [5.74, 6) is 0.424. The number of carbonyl (C=O) groups excluding carboxylic acids is 1. The molecular weight excluding hydrogens is 244 g/mol. The number of methoxy groups -OCH3 is 1. The fourth-order valence-corrected chi connectivity index (χ4v) is 2.07. The van der Waals surface area contributed by atoms with Crippen LogP contribution in [0.1, 0.15) is 12.0 Å². The third kappa shape index (κ3) is 3.43. The monoisotopic (exact) mass is 262 g/mol. The summed E-state index contributed by atoms with van der Waals surface area (Å²) in [6, 6.07) is 7.55. The standard InChI is InChI=1S/C15H18O4/c1-18-13-7-5-11(6-8-13)10-19-14-4-2-3-12(9-16)15(14)17/h2,4-9,12,14-15,17H,3,10H2,1H3. The van der Waals surface area contributed by atoms with Gasteiger partial charge in [0, 0.05) is 5.92 Å². The van der Waals surface area contributed by atoms with Crippen molar-refractivity contribution in [2.75, 3.05) is 7.11 Å². The molecule has 2 rings (SSSR count). The van der Waals surface area contributed by atoms with Gasteiger partial charge in [0.15, 0.2) is 0 Å². The van der Waals surface area contributed by atoms with Crippen LogP contribution in [0.3, 0.4) is 0 Å². The van der Waals surface area contributed by atoms with Gasteiger partial charge >= 0.3 is 0 Å². The van der Waals surface area contributed by atoms with Crippen molar-refractivity contribution in [3.8, 4) is 5.75 Å². The Morgan fingerprint density at radius 2 is 2.11 bits per heavy atom. The van der Waals surface area contributed by atoms with Crippen molar-refractivity contribution in [1.29, 1.82) is 0 Å². The Morgan fingerprint density at radius 3 is 2.74 bits per heavy atom. The number of hydrogen-bond acceptors (Lipinski definition) is 4. The molecule has 1 aromatic carbocycles. The summed E-state index contributed by atoms with van der Waals surface area (Å²) in [6.07, 6.45) is 3.87. The maximum absolute atomic E-state index is 10.8. The Hall–Kier alpha value is -1.65. The van der Waals surface area contributed by atoms with Crippen molar-refractivity contribution in [2.45, 2.75) is 25.2 Å². The number of aliphatic hydroxyl groups is 1. The second kappa shape index (κ2) is 6.50. The minimum atomic E-state index is -0.763. The van der Waals surface area contributed by atoms with Crippen LogP contribution in [0, 0.1) is 5.92 Å². The topological polar surface area (TPSA) is 55.8 Å². The molecule has 0 aromatic heterocycles. The summed E-state index contributed by atoms with van der Waals surface area (Å²) >= 11 is 0. The molecule has 0 saturated carbocycles. The van der Waals surface area contributed by atoms with E-state index in [1.165, 1.54) is 0 Å². The lowest BCUT2D eigenvalue weighted by Crippen LogP contribution is -2.37. The zero-order chi connectivity index (χ0) is 13.7. The predicted molar refractivity (Wildman–Crippen MR) is 70.9 cm³/mol. The molecule has 1 N–H and O–H groups in total. The number of rotatable bonds is 5. The van der Waals surface area contributed by atoms with Crippen LogP contribution in [0.25, 0.3) is 0 Å². The molecule has 3 atom stereocenters. The van der Waals surface area contributed by atoms with E-state index in [-0.39, 0.29) is 5.92 Å². The highest BCUT2D eigenvalue weighted by Gasteiger charge is 2.28. The number of benzene rings is 1. The number of aldehydes is 1. The highest BCUT2D eigenvalue weighted by atomic mass is 16.5.